The quantitative estimate of drug-likeness (QED) is 0.527. The molecule has 28 heavy (non-hydrogen) atoms. The van der Waals surface area contributed by atoms with Gasteiger partial charge in [0.2, 0.25) is 5.91 Å². The molecule has 150 valence electrons. The Morgan fingerprint density at radius 2 is 2.00 bits per heavy atom. The Morgan fingerprint density at radius 1 is 1.29 bits per heavy atom. The highest BCUT2D eigenvalue weighted by molar-refractivity contribution is 5.76. The molecule has 0 saturated carbocycles. The third kappa shape index (κ3) is 4.63. The zero-order valence-electron chi connectivity index (χ0n) is 15.6. The van der Waals surface area contributed by atoms with Crippen LogP contribution < -0.4 is 4.74 Å². The number of piperazine rings is 1. The summed E-state index contributed by atoms with van der Waals surface area (Å²) in [7, 11) is 1.31. The van der Waals surface area contributed by atoms with E-state index in [9.17, 15) is 19.3 Å². The standard InChI is InChI=1S/C18H22FN5O4/c1-28-18-16(24(26)27)13-23(20-18)7-6-17(25)22-10-8-21(9-11-22)12-14-4-2-3-5-15(14)19/h2-5,13H,6-12H2,1H3. The van der Waals surface area contributed by atoms with Crippen LogP contribution in [0.15, 0.2) is 30.5 Å². The molecule has 1 aromatic carbocycles. The van der Waals surface area contributed by atoms with Crippen LogP contribution in [0.3, 0.4) is 0 Å². The molecule has 1 aliphatic heterocycles. The van der Waals surface area contributed by atoms with Gasteiger partial charge in [-0.15, -0.1) is 5.10 Å². The van der Waals surface area contributed by atoms with Crippen LogP contribution in [0.2, 0.25) is 0 Å². The lowest BCUT2D eigenvalue weighted by Crippen LogP contribution is -2.48. The lowest BCUT2D eigenvalue weighted by Gasteiger charge is -2.34. The van der Waals surface area contributed by atoms with Crippen molar-refractivity contribution in [2.24, 2.45) is 0 Å². The van der Waals surface area contributed by atoms with Gasteiger partial charge in [-0.3, -0.25) is 24.5 Å². The number of aromatic nitrogens is 2. The molecule has 3 rings (SSSR count). The first kappa shape index (κ1) is 19.7. The maximum Gasteiger partial charge on any atom is 0.350 e. The Labute approximate surface area is 161 Å². The van der Waals surface area contributed by atoms with Gasteiger partial charge in [0, 0.05) is 44.7 Å². The van der Waals surface area contributed by atoms with Crippen molar-refractivity contribution < 1.29 is 18.8 Å². The van der Waals surface area contributed by atoms with Crippen molar-refractivity contribution in [3.63, 3.8) is 0 Å². The number of nitrogens with zero attached hydrogens (tertiary/aromatic N) is 5. The number of ether oxygens (including phenoxy) is 1. The summed E-state index contributed by atoms with van der Waals surface area (Å²) in [4.78, 5) is 26.7. The van der Waals surface area contributed by atoms with Crippen molar-refractivity contribution in [3.8, 4) is 5.88 Å². The molecule has 10 heteroatoms. The lowest BCUT2D eigenvalue weighted by atomic mass is 10.2. The Kier molecular flexibility index (Phi) is 6.19. The first-order valence-corrected chi connectivity index (χ1v) is 8.97. The minimum Gasteiger partial charge on any atom is -0.475 e. The molecule has 0 N–H and O–H groups in total. The highest BCUT2D eigenvalue weighted by Gasteiger charge is 2.23. The maximum atomic E-state index is 13.8. The number of benzene rings is 1. The summed E-state index contributed by atoms with van der Waals surface area (Å²) in [5.74, 6) is -0.327. The number of rotatable bonds is 7. The zero-order valence-corrected chi connectivity index (χ0v) is 15.6. The van der Waals surface area contributed by atoms with E-state index in [4.69, 9.17) is 4.74 Å². The Balaban J connectivity index is 1.48. The van der Waals surface area contributed by atoms with Gasteiger partial charge in [0.05, 0.1) is 18.6 Å². The summed E-state index contributed by atoms with van der Waals surface area (Å²) in [6.45, 7) is 3.22. The summed E-state index contributed by atoms with van der Waals surface area (Å²) in [5, 5.41) is 14.9. The molecule has 1 aromatic heterocycles. The summed E-state index contributed by atoms with van der Waals surface area (Å²) in [5.41, 5.74) is 0.424. The van der Waals surface area contributed by atoms with E-state index >= 15 is 0 Å². The van der Waals surface area contributed by atoms with Crippen LogP contribution in [0.25, 0.3) is 0 Å². The summed E-state index contributed by atoms with van der Waals surface area (Å²) in [6, 6.07) is 6.69. The largest absolute Gasteiger partial charge is 0.475 e. The normalized spacial score (nSPS) is 14.9. The van der Waals surface area contributed by atoms with Crippen LogP contribution in [0.1, 0.15) is 12.0 Å². The van der Waals surface area contributed by atoms with E-state index in [1.165, 1.54) is 24.1 Å². The van der Waals surface area contributed by atoms with Crippen LogP contribution in [0.4, 0.5) is 10.1 Å². The minimum atomic E-state index is -0.570. The van der Waals surface area contributed by atoms with Crippen LogP contribution in [0, 0.1) is 15.9 Å². The Bertz CT molecular complexity index is 848. The summed E-state index contributed by atoms with van der Waals surface area (Å²) >= 11 is 0. The maximum absolute atomic E-state index is 13.8. The predicted octanol–water partition coefficient (Wildman–Crippen LogP) is 1.67. The molecule has 0 bridgehead atoms. The van der Waals surface area contributed by atoms with Crippen LogP contribution in [0.5, 0.6) is 5.88 Å². The second kappa shape index (κ2) is 8.79. The van der Waals surface area contributed by atoms with Gasteiger partial charge >= 0.3 is 11.6 Å². The van der Waals surface area contributed by atoms with Crippen LogP contribution in [-0.4, -0.2) is 63.7 Å². The van der Waals surface area contributed by atoms with E-state index in [0.717, 1.165) is 0 Å². The zero-order chi connectivity index (χ0) is 20.1. The van der Waals surface area contributed by atoms with Crippen molar-refractivity contribution in [1.29, 1.82) is 0 Å². The first-order chi connectivity index (χ1) is 13.5. The Hall–Kier alpha value is -3.01. The van der Waals surface area contributed by atoms with Crippen molar-refractivity contribution in [3.05, 3.63) is 52.0 Å². The smallest absolute Gasteiger partial charge is 0.350 e. The predicted molar refractivity (Wildman–Crippen MR) is 98.3 cm³/mol. The fourth-order valence-corrected chi connectivity index (χ4v) is 3.17. The molecule has 0 unspecified atom stereocenters. The number of hydrogen-bond acceptors (Lipinski definition) is 6. The van der Waals surface area contributed by atoms with E-state index in [1.807, 2.05) is 6.07 Å². The molecule has 1 saturated heterocycles. The molecule has 1 fully saturated rings. The molecule has 0 atom stereocenters. The van der Waals surface area contributed by atoms with E-state index < -0.39 is 4.92 Å². The number of hydrogen-bond donors (Lipinski definition) is 0. The molecular formula is C18H22FN5O4. The van der Waals surface area contributed by atoms with Crippen molar-refractivity contribution in [2.45, 2.75) is 19.5 Å². The molecule has 1 amide bonds. The van der Waals surface area contributed by atoms with Crippen LogP contribution in [-0.2, 0) is 17.9 Å². The van der Waals surface area contributed by atoms with E-state index in [1.54, 1.807) is 17.0 Å². The molecule has 1 aliphatic rings. The van der Waals surface area contributed by atoms with Crippen LogP contribution >= 0.6 is 0 Å². The molecular weight excluding hydrogens is 369 g/mol. The topological polar surface area (TPSA) is 93.7 Å². The van der Waals surface area contributed by atoms with Crippen molar-refractivity contribution in [2.75, 3.05) is 33.3 Å². The van der Waals surface area contributed by atoms with Gasteiger partial charge in [0.25, 0.3) is 0 Å². The average Bonchev–Trinajstić information content (AvgIpc) is 3.12. The van der Waals surface area contributed by atoms with E-state index in [0.29, 0.717) is 38.3 Å². The van der Waals surface area contributed by atoms with Gasteiger partial charge in [-0.25, -0.2) is 4.39 Å². The second-order valence-corrected chi connectivity index (χ2v) is 6.54. The highest BCUT2D eigenvalue weighted by atomic mass is 19.1. The minimum absolute atomic E-state index is 0.0392. The molecule has 9 nitrogen and oxygen atoms in total. The third-order valence-electron chi connectivity index (χ3n) is 4.73. The van der Waals surface area contributed by atoms with Crippen molar-refractivity contribution in [1.82, 2.24) is 19.6 Å². The second-order valence-electron chi connectivity index (χ2n) is 6.54. The number of carbonyl (C=O) groups excluding carboxylic acids is 1. The van der Waals surface area contributed by atoms with Crippen molar-refractivity contribution >= 4 is 11.6 Å². The summed E-state index contributed by atoms with van der Waals surface area (Å²) < 4.78 is 20.0. The van der Waals surface area contributed by atoms with Gasteiger partial charge in [0.1, 0.15) is 12.0 Å². The number of methoxy groups -OCH3 is 1. The van der Waals surface area contributed by atoms with Gasteiger partial charge in [-0.05, 0) is 6.07 Å². The lowest BCUT2D eigenvalue weighted by molar-refractivity contribution is -0.385. The van der Waals surface area contributed by atoms with Gasteiger partial charge in [-0.2, -0.15) is 0 Å². The average molecular weight is 391 g/mol. The molecule has 2 aromatic rings. The number of aryl methyl sites for hydroxylation is 1. The SMILES string of the molecule is COc1nn(CCC(=O)N2CCN(Cc3ccccc3F)CC2)cc1[N+](=O)[O-]. The van der Waals surface area contributed by atoms with Gasteiger partial charge < -0.3 is 9.64 Å². The molecule has 0 spiro atoms. The number of nitro groups is 1. The molecule has 0 aliphatic carbocycles. The number of halogens is 1. The van der Waals surface area contributed by atoms with E-state index in [-0.39, 0.29) is 36.3 Å². The summed E-state index contributed by atoms with van der Waals surface area (Å²) in [6.07, 6.45) is 1.45. The van der Waals surface area contributed by atoms with Gasteiger partial charge in [-0.1, -0.05) is 18.2 Å². The third-order valence-corrected chi connectivity index (χ3v) is 4.73. The number of amides is 1. The van der Waals surface area contributed by atoms with Gasteiger partial charge in [0.15, 0.2) is 0 Å². The highest BCUT2D eigenvalue weighted by Crippen LogP contribution is 2.24. The molecule has 2 heterocycles. The molecule has 0 radical (unpaired) electrons. The fourth-order valence-electron chi connectivity index (χ4n) is 3.17. The van der Waals surface area contributed by atoms with E-state index in [2.05, 4.69) is 10.00 Å². The fraction of sp³-hybridized carbons (Fsp3) is 0.444. The first-order valence-electron chi connectivity index (χ1n) is 8.97. The number of carbonyl (C=O) groups is 1. The monoisotopic (exact) mass is 391 g/mol. The Morgan fingerprint density at radius 3 is 2.61 bits per heavy atom.